The smallest absolute Gasteiger partial charge is 0.328 e. The molecule has 1 aromatic rings. The third kappa shape index (κ3) is 4.38. The van der Waals surface area contributed by atoms with Crippen molar-refractivity contribution in [1.82, 2.24) is 19.4 Å². The minimum Gasteiger partial charge on any atom is -0.396 e. The van der Waals surface area contributed by atoms with Crippen molar-refractivity contribution in [2.75, 3.05) is 39.3 Å². The van der Waals surface area contributed by atoms with Crippen LogP contribution in [0.25, 0.3) is 0 Å². The summed E-state index contributed by atoms with van der Waals surface area (Å²) >= 11 is 0. The van der Waals surface area contributed by atoms with Gasteiger partial charge in [0.25, 0.3) is 5.56 Å². The highest BCUT2D eigenvalue weighted by Crippen LogP contribution is 2.26. The van der Waals surface area contributed by atoms with Gasteiger partial charge in [-0.3, -0.25) is 14.6 Å². The third-order valence-corrected chi connectivity index (χ3v) is 5.32. The molecule has 2 N–H and O–H groups in total. The number of amides is 1. The average Bonchev–Trinajstić information content (AvgIpc) is 3.24. The Hall–Kier alpha value is -1.93. The van der Waals surface area contributed by atoms with Gasteiger partial charge in [0.05, 0.1) is 0 Å². The second kappa shape index (κ2) is 7.97. The van der Waals surface area contributed by atoms with Gasteiger partial charge < -0.3 is 19.5 Å². The maximum absolute atomic E-state index is 12.5. The topological polar surface area (TPSA) is 98.6 Å². The summed E-state index contributed by atoms with van der Waals surface area (Å²) in [6.45, 7) is 4.74. The van der Waals surface area contributed by atoms with Crippen LogP contribution in [0.3, 0.4) is 0 Å². The molecule has 1 amide bonds. The molecule has 8 heteroatoms. The Balaban J connectivity index is 1.54. The molecule has 2 aliphatic rings. The molecule has 3 rings (SSSR count). The molecule has 138 valence electrons. The van der Waals surface area contributed by atoms with Crippen LogP contribution in [0, 0.1) is 11.8 Å². The Labute approximate surface area is 146 Å². The average molecular weight is 350 g/mol. The number of aromatic amines is 1. The molecule has 0 unspecified atom stereocenters. The second-order valence-corrected chi connectivity index (χ2v) is 7.06. The standard InChI is InChI=1S/C17H26N4O4/c22-12-14-11-21(10-13(14)9-19-5-1-2-6-19)16(24)4-8-20-7-3-15(23)18-17(20)25/h3,7,13-14,22H,1-2,4-6,8-12H2,(H,18,23,25)/t13-,14-/m0/s1. The molecule has 8 nitrogen and oxygen atoms in total. The first kappa shape index (κ1) is 17.9. The third-order valence-electron chi connectivity index (χ3n) is 5.32. The van der Waals surface area contributed by atoms with E-state index in [2.05, 4.69) is 9.88 Å². The zero-order chi connectivity index (χ0) is 17.8. The highest BCUT2D eigenvalue weighted by Gasteiger charge is 2.35. The van der Waals surface area contributed by atoms with E-state index in [1.807, 2.05) is 0 Å². The van der Waals surface area contributed by atoms with E-state index in [-0.39, 0.29) is 31.4 Å². The van der Waals surface area contributed by atoms with Gasteiger partial charge in [0, 0.05) is 57.4 Å². The minimum atomic E-state index is -0.498. The molecule has 2 atom stereocenters. The number of nitrogens with zero attached hydrogens (tertiary/aromatic N) is 3. The van der Waals surface area contributed by atoms with Crippen LogP contribution in [-0.4, -0.2) is 69.7 Å². The van der Waals surface area contributed by atoms with Gasteiger partial charge >= 0.3 is 5.69 Å². The number of carbonyl (C=O) groups excluding carboxylic acids is 1. The molecule has 0 saturated carbocycles. The number of likely N-dealkylation sites (tertiary alicyclic amines) is 2. The Morgan fingerprint density at radius 3 is 2.60 bits per heavy atom. The van der Waals surface area contributed by atoms with Crippen molar-refractivity contribution < 1.29 is 9.90 Å². The lowest BCUT2D eigenvalue weighted by atomic mass is 9.96. The van der Waals surface area contributed by atoms with Crippen molar-refractivity contribution >= 4 is 5.91 Å². The van der Waals surface area contributed by atoms with E-state index >= 15 is 0 Å². The summed E-state index contributed by atoms with van der Waals surface area (Å²) in [5, 5.41) is 9.64. The van der Waals surface area contributed by atoms with Crippen molar-refractivity contribution in [3.05, 3.63) is 33.1 Å². The molecule has 0 bridgehead atoms. The number of nitrogens with one attached hydrogen (secondary N) is 1. The SMILES string of the molecule is O=C(CCn1ccc(=O)[nH]c1=O)N1C[C@@H](CO)[C@@H](CN2CCCC2)C1. The Morgan fingerprint density at radius 1 is 1.20 bits per heavy atom. The van der Waals surface area contributed by atoms with Crippen molar-refractivity contribution in [3.8, 4) is 0 Å². The number of rotatable bonds is 6. The highest BCUT2D eigenvalue weighted by molar-refractivity contribution is 5.76. The zero-order valence-corrected chi connectivity index (χ0v) is 14.4. The number of aromatic nitrogens is 2. The van der Waals surface area contributed by atoms with Gasteiger partial charge in [-0.2, -0.15) is 0 Å². The summed E-state index contributed by atoms with van der Waals surface area (Å²) in [6.07, 6.45) is 4.08. The maximum Gasteiger partial charge on any atom is 0.328 e. The van der Waals surface area contributed by atoms with E-state index < -0.39 is 11.2 Å². The monoisotopic (exact) mass is 350 g/mol. The molecule has 3 heterocycles. The van der Waals surface area contributed by atoms with Crippen LogP contribution in [0.1, 0.15) is 19.3 Å². The Kier molecular flexibility index (Phi) is 5.70. The van der Waals surface area contributed by atoms with Crippen LogP contribution in [-0.2, 0) is 11.3 Å². The molecule has 2 aliphatic heterocycles. The van der Waals surface area contributed by atoms with E-state index in [0.717, 1.165) is 19.6 Å². The van der Waals surface area contributed by atoms with Crippen molar-refractivity contribution in [3.63, 3.8) is 0 Å². The maximum atomic E-state index is 12.5. The van der Waals surface area contributed by atoms with Crippen LogP contribution in [0.5, 0.6) is 0 Å². The highest BCUT2D eigenvalue weighted by atomic mass is 16.3. The molecule has 2 saturated heterocycles. The van der Waals surface area contributed by atoms with Gasteiger partial charge in [-0.05, 0) is 31.8 Å². The number of aliphatic hydroxyl groups is 1. The molecular formula is C17H26N4O4. The van der Waals surface area contributed by atoms with E-state index in [4.69, 9.17) is 0 Å². The fraction of sp³-hybridized carbons (Fsp3) is 0.706. The van der Waals surface area contributed by atoms with Crippen LogP contribution in [0.4, 0.5) is 0 Å². The van der Waals surface area contributed by atoms with Gasteiger partial charge in [-0.15, -0.1) is 0 Å². The largest absolute Gasteiger partial charge is 0.396 e. The molecule has 25 heavy (non-hydrogen) atoms. The predicted octanol–water partition coefficient (Wildman–Crippen LogP) is -0.911. The Bertz CT molecular complexity index is 707. The second-order valence-electron chi connectivity index (χ2n) is 7.06. The summed E-state index contributed by atoms with van der Waals surface area (Å²) in [4.78, 5) is 41.6. The first-order valence-electron chi connectivity index (χ1n) is 8.97. The minimum absolute atomic E-state index is 0.0135. The summed E-state index contributed by atoms with van der Waals surface area (Å²) in [6, 6.07) is 1.27. The quantitative estimate of drug-likeness (QED) is 0.692. The molecule has 0 aromatic carbocycles. The van der Waals surface area contributed by atoms with Gasteiger partial charge in [-0.25, -0.2) is 4.79 Å². The fourth-order valence-corrected chi connectivity index (χ4v) is 3.85. The van der Waals surface area contributed by atoms with Crippen LogP contribution < -0.4 is 11.2 Å². The van der Waals surface area contributed by atoms with E-state index in [1.54, 1.807) is 4.90 Å². The number of aliphatic hydroxyl groups excluding tert-OH is 1. The van der Waals surface area contributed by atoms with Crippen molar-refractivity contribution in [1.29, 1.82) is 0 Å². The molecular weight excluding hydrogens is 324 g/mol. The predicted molar refractivity (Wildman–Crippen MR) is 92.3 cm³/mol. The van der Waals surface area contributed by atoms with Gasteiger partial charge in [0.15, 0.2) is 0 Å². The lowest BCUT2D eigenvalue weighted by molar-refractivity contribution is -0.130. The van der Waals surface area contributed by atoms with E-state index in [0.29, 0.717) is 19.0 Å². The van der Waals surface area contributed by atoms with Crippen molar-refractivity contribution in [2.45, 2.75) is 25.8 Å². The normalized spacial score (nSPS) is 24.1. The number of H-pyrrole nitrogens is 1. The van der Waals surface area contributed by atoms with E-state index in [9.17, 15) is 19.5 Å². The number of aryl methyl sites for hydroxylation is 1. The molecule has 0 aliphatic carbocycles. The summed E-state index contributed by atoms with van der Waals surface area (Å²) in [7, 11) is 0. The fourth-order valence-electron chi connectivity index (χ4n) is 3.85. The lowest BCUT2D eigenvalue weighted by Crippen LogP contribution is -2.34. The molecule has 2 fully saturated rings. The first-order chi connectivity index (χ1) is 12.1. The summed E-state index contributed by atoms with van der Waals surface area (Å²) in [5.74, 6) is 0.420. The van der Waals surface area contributed by atoms with Crippen LogP contribution >= 0.6 is 0 Å². The molecule has 0 spiro atoms. The number of hydrogen-bond acceptors (Lipinski definition) is 5. The number of carbonyl (C=O) groups is 1. The van der Waals surface area contributed by atoms with Gasteiger partial charge in [0.1, 0.15) is 0 Å². The first-order valence-corrected chi connectivity index (χ1v) is 8.97. The van der Waals surface area contributed by atoms with Gasteiger partial charge in [0.2, 0.25) is 5.91 Å². The van der Waals surface area contributed by atoms with Crippen LogP contribution in [0.15, 0.2) is 21.9 Å². The van der Waals surface area contributed by atoms with Crippen molar-refractivity contribution in [2.24, 2.45) is 11.8 Å². The van der Waals surface area contributed by atoms with Crippen LogP contribution in [0.2, 0.25) is 0 Å². The molecule has 0 radical (unpaired) electrons. The molecule has 1 aromatic heterocycles. The number of hydrogen-bond donors (Lipinski definition) is 2. The summed E-state index contributed by atoms with van der Waals surface area (Å²) in [5.41, 5.74) is -0.940. The van der Waals surface area contributed by atoms with Gasteiger partial charge in [-0.1, -0.05) is 0 Å². The van der Waals surface area contributed by atoms with E-state index in [1.165, 1.54) is 29.7 Å². The zero-order valence-electron chi connectivity index (χ0n) is 14.4. The lowest BCUT2D eigenvalue weighted by Gasteiger charge is -2.22. The Morgan fingerprint density at radius 2 is 1.92 bits per heavy atom. The summed E-state index contributed by atoms with van der Waals surface area (Å²) < 4.78 is 1.33.